The van der Waals surface area contributed by atoms with Gasteiger partial charge in [0.25, 0.3) is 0 Å². The van der Waals surface area contributed by atoms with Crippen molar-refractivity contribution in [1.82, 2.24) is 24.8 Å². The third kappa shape index (κ3) is 1.81. The third-order valence-corrected chi connectivity index (χ3v) is 2.40. The van der Waals surface area contributed by atoms with E-state index in [1.54, 1.807) is 12.4 Å². The van der Waals surface area contributed by atoms with Gasteiger partial charge >= 0.3 is 0 Å². The van der Waals surface area contributed by atoms with Gasteiger partial charge in [0.05, 0.1) is 5.75 Å². The minimum absolute atomic E-state index is 0.677. The van der Waals surface area contributed by atoms with Gasteiger partial charge in [-0.05, 0) is 0 Å². The minimum atomic E-state index is 0.677. The van der Waals surface area contributed by atoms with Crippen molar-refractivity contribution in [3.8, 4) is 0 Å². The number of imidazole rings is 1. The Bertz CT molecular complexity index is 366. The van der Waals surface area contributed by atoms with Crippen molar-refractivity contribution >= 4 is 11.8 Å². The normalized spacial score (nSPS) is 10.5. The molecule has 6 nitrogen and oxygen atoms in total. The first-order valence-electron chi connectivity index (χ1n) is 3.62. The van der Waals surface area contributed by atoms with Crippen molar-refractivity contribution in [2.45, 2.75) is 10.9 Å². The highest BCUT2D eigenvalue weighted by Gasteiger charge is 2.03. The zero-order chi connectivity index (χ0) is 9.10. The van der Waals surface area contributed by atoms with Gasteiger partial charge in [-0.25, -0.2) is 9.66 Å². The molecule has 7 heteroatoms. The molecule has 0 fully saturated rings. The molecule has 2 aromatic heterocycles. The van der Waals surface area contributed by atoms with Gasteiger partial charge in [-0.15, -0.1) is 10.2 Å². The van der Waals surface area contributed by atoms with E-state index < -0.39 is 0 Å². The number of nitrogens with one attached hydrogen (secondary N) is 1. The van der Waals surface area contributed by atoms with Crippen LogP contribution in [0.2, 0.25) is 0 Å². The van der Waals surface area contributed by atoms with Crippen LogP contribution in [-0.2, 0) is 5.75 Å². The van der Waals surface area contributed by atoms with Crippen molar-refractivity contribution in [1.29, 1.82) is 0 Å². The number of aromatic nitrogens is 5. The molecule has 0 aliphatic rings. The molecule has 3 N–H and O–H groups in total. The Labute approximate surface area is 78.5 Å². The van der Waals surface area contributed by atoms with E-state index >= 15 is 0 Å². The Kier molecular flexibility index (Phi) is 2.17. The van der Waals surface area contributed by atoms with E-state index in [1.165, 1.54) is 22.8 Å². The fourth-order valence-electron chi connectivity index (χ4n) is 0.845. The number of thioether (sulfide) groups is 1. The highest BCUT2D eigenvalue weighted by Crippen LogP contribution is 2.16. The predicted molar refractivity (Wildman–Crippen MR) is 48.3 cm³/mol. The second-order valence-electron chi connectivity index (χ2n) is 2.35. The molecule has 0 atom stereocenters. The van der Waals surface area contributed by atoms with Crippen LogP contribution in [-0.4, -0.2) is 24.8 Å². The van der Waals surface area contributed by atoms with E-state index in [1.807, 2.05) is 0 Å². The lowest BCUT2D eigenvalue weighted by Gasteiger charge is -1.96. The summed E-state index contributed by atoms with van der Waals surface area (Å²) in [5, 5.41) is 8.16. The monoisotopic (exact) mass is 196 g/mol. The molecule has 0 bridgehead atoms. The van der Waals surface area contributed by atoms with Gasteiger partial charge in [0.1, 0.15) is 12.2 Å². The molecule has 0 radical (unpaired) electrons. The standard InChI is InChI=1S/C6H8N6S/c7-12-4-10-11-6(12)13-3-5-8-1-2-9-5/h1-2,4H,3,7H2,(H,8,9). The van der Waals surface area contributed by atoms with E-state index in [2.05, 4.69) is 20.2 Å². The molecular weight excluding hydrogens is 188 g/mol. The molecule has 2 aromatic rings. The smallest absolute Gasteiger partial charge is 0.209 e. The molecule has 68 valence electrons. The molecule has 0 amide bonds. The van der Waals surface area contributed by atoms with E-state index in [4.69, 9.17) is 5.84 Å². The van der Waals surface area contributed by atoms with Crippen LogP contribution in [0, 0.1) is 0 Å². The first kappa shape index (κ1) is 8.11. The summed E-state index contributed by atoms with van der Waals surface area (Å²) in [7, 11) is 0. The summed E-state index contributed by atoms with van der Waals surface area (Å²) >= 11 is 1.48. The number of hydrogen-bond donors (Lipinski definition) is 2. The van der Waals surface area contributed by atoms with Crippen molar-refractivity contribution in [2.24, 2.45) is 0 Å². The number of hydrogen-bond acceptors (Lipinski definition) is 5. The molecular formula is C6H8N6S. The predicted octanol–water partition coefficient (Wildman–Crippen LogP) is 0.00730. The van der Waals surface area contributed by atoms with Gasteiger partial charge in [-0.1, -0.05) is 11.8 Å². The number of rotatable bonds is 3. The molecule has 0 saturated heterocycles. The average Bonchev–Trinajstić information content (AvgIpc) is 2.72. The van der Waals surface area contributed by atoms with Crippen LogP contribution in [0.15, 0.2) is 23.9 Å². The lowest BCUT2D eigenvalue weighted by molar-refractivity contribution is 0.845. The largest absolute Gasteiger partial charge is 0.348 e. The minimum Gasteiger partial charge on any atom is -0.348 e. The first-order chi connectivity index (χ1) is 6.36. The Balaban J connectivity index is 1.97. The van der Waals surface area contributed by atoms with E-state index in [0.29, 0.717) is 10.9 Å². The topological polar surface area (TPSA) is 85.4 Å². The van der Waals surface area contributed by atoms with Crippen LogP contribution >= 0.6 is 11.8 Å². The second-order valence-corrected chi connectivity index (χ2v) is 3.29. The Morgan fingerprint density at radius 2 is 2.54 bits per heavy atom. The van der Waals surface area contributed by atoms with Crippen LogP contribution in [0.25, 0.3) is 0 Å². The molecule has 13 heavy (non-hydrogen) atoms. The van der Waals surface area contributed by atoms with Crippen LogP contribution in [0.4, 0.5) is 0 Å². The van der Waals surface area contributed by atoms with Crippen molar-refractivity contribution in [2.75, 3.05) is 5.84 Å². The quantitative estimate of drug-likeness (QED) is 0.533. The van der Waals surface area contributed by atoms with Crippen LogP contribution < -0.4 is 5.84 Å². The molecule has 0 aliphatic carbocycles. The second kappa shape index (κ2) is 3.48. The Morgan fingerprint density at radius 3 is 3.15 bits per heavy atom. The molecule has 0 aliphatic heterocycles. The third-order valence-electron chi connectivity index (χ3n) is 1.43. The zero-order valence-electron chi connectivity index (χ0n) is 6.71. The molecule has 0 aromatic carbocycles. The molecule has 2 rings (SSSR count). The first-order valence-corrected chi connectivity index (χ1v) is 4.61. The van der Waals surface area contributed by atoms with Gasteiger partial charge in [0.15, 0.2) is 0 Å². The van der Waals surface area contributed by atoms with E-state index in [9.17, 15) is 0 Å². The molecule has 0 unspecified atom stereocenters. The van der Waals surface area contributed by atoms with Gasteiger partial charge in [0, 0.05) is 12.4 Å². The number of nitrogens with two attached hydrogens (primary N) is 1. The van der Waals surface area contributed by atoms with Gasteiger partial charge in [-0.3, -0.25) is 0 Å². The number of nitrogens with zero attached hydrogens (tertiary/aromatic N) is 4. The SMILES string of the molecule is Nn1cnnc1SCc1ncc[nH]1. The highest BCUT2D eigenvalue weighted by molar-refractivity contribution is 7.98. The van der Waals surface area contributed by atoms with Gasteiger partial charge in [0.2, 0.25) is 5.16 Å². The molecule has 0 spiro atoms. The summed E-state index contributed by atoms with van der Waals surface area (Å²) in [6.07, 6.45) is 4.95. The van der Waals surface area contributed by atoms with Crippen LogP contribution in [0.1, 0.15) is 5.82 Å². The van der Waals surface area contributed by atoms with Crippen LogP contribution in [0.5, 0.6) is 0 Å². The van der Waals surface area contributed by atoms with E-state index in [-0.39, 0.29) is 0 Å². The number of aromatic amines is 1. The summed E-state index contributed by atoms with van der Waals surface area (Å²) < 4.78 is 1.38. The lowest BCUT2D eigenvalue weighted by Crippen LogP contribution is -2.07. The average molecular weight is 196 g/mol. The highest BCUT2D eigenvalue weighted by atomic mass is 32.2. The number of nitrogen functional groups attached to an aromatic ring is 1. The maximum atomic E-state index is 5.52. The number of H-pyrrole nitrogens is 1. The summed E-state index contributed by atoms with van der Waals surface area (Å²) in [6, 6.07) is 0. The maximum absolute atomic E-state index is 5.52. The lowest BCUT2D eigenvalue weighted by atomic mass is 10.7. The fraction of sp³-hybridized carbons (Fsp3) is 0.167. The zero-order valence-corrected chi connectivity index (χ0v) is 7.53. The summed E-state index contributed by atoms with van der Waals surface area (Å²) in [6.45, 7) is 0. The summed E-state index contributed by atoms with van der Waals surface area (Å²) in [5.41, 5.74) is 0. The van der Waals surface area contributed by atoms with E-state index in [0.717, 1.165) is 5.82 Å². The summed E-state index contributed by atoms with van der Waals surface area (Å²) in [4.78, 5) is 7.06. The molecule has 2 heterocycles. The van der Waals surface area contributed by atoms with Crippen LogP contribution in [0.3, 0.4) is 0 Å². The van der Waals surface area contributed by atoms with Crippen molar-refractivity contribution < 1.29 is 0 Å². The fourth-order valence-corrected chi connectivity index (χ4v) is 1.57. The maximum Gasteiger partial charge on any atom is 0.209 e. The Hall–Kier alpha value is -1.50. The van der Waals surface area contributed by atoms with Gasteiger partial charge in [-0.2, -0.15) is 0 Å². The summed E-state index contributed by atoms with van der Waals surface area (Å²) in [5.74, 6) is 7.13. The van der Waals surface area contributed by atoms with Crippen molar-refractivity contribution in [3.05, 3.63) is 24.5 Å². The molecule has 0 saturated carbocycles. The van der Waals surface area contributed by atoms with Crippen molar-refractivity contribution in [3.63, 3.8) is 0 Å². The Morgan fingerprint density at radius 1 is 1.62 bits per heavy atom. The van der Waals surface area contributed by atoms with Gasteiger partial charge < -0.3 is 10.8 Å².